The van der Waals surface area contributed by atoms with E-state index in [2.05, 4.69) is 34.7 Å². The van der Waals surface area contributed by atoms with Gasteiger partial charge in [0.1, 0.15) is 12.9 Å². The number of nitrogens with zero attached hydrogens (tertiary/aromatic N) is 2. The highest BCUT2D eigenvalue weighted by atomic mass is 35.5. The van der Waals surface area contributed by atoms with Gasteiger partial charge >= 0.3 is 0 Å². The van der Waals surface area contributed by atoms with E-state index < -0.39 is 0 Å². The number of nitrogens with one attached hydrogen (secondary N) is 2. The Labute approximate surface area is 168 Å². The molecular weight excluding hydrogens is 384 g/mol. The summed E-state index contributed by atoms with van der Waals surface area (Å²) in [6.45, 7) is 5.42. The van der Waals surface area contributed by atoms with Gasteiger partial charge in [0.15, 0.2) is 11.5 Å². The van der Waals surface area contributed by atoms with E-state index in [9.17, 15) is 0 Å². The molecule has 0 saturated heterocycles. The van der Waals surface area contributed by atoms with Gasteiger partial charge in [-0.25, -0.2) is 4.68 Å². The topological polar surface area (TPSA) is 64.1 Å². The second-order valence-electron chi connectivity index (χ2n) is 5.98. The van der Waals surface area contributed by atoms with Gasteiger partial charge in [0.2, 0.25) is 4.77 Å². The van der Waals surface area contributed by atoms with Crippen LogP contribution < -0.4 is 14.9 Å². The van der Waals surface area contributed by atoms with Gasteiger partial charge in [0.05, 0.1) is 18.2 Å². The van der Waals surface area contributed by atoms with Gasteiger partial charge in [-0.15, -0.1) is 0 Å². The van der Waals surface area contributed by atoms with Gasteiger partial charge in [-0.1, -0.05) is 41.4 Å². The Balaban J connectivity index is 1.75. The highest BCUT2D eigenvalue weighted by Gasteiger charge is 2.13. The van der Waals surface area contributed by atoms with Crippen molar-refractivity contribution in [3.05, 3.63) is 69.2 Å². The quantitative estimate of drug-likeness (QED) is 0.536. The van der Waals surface area contributed by atoms with E-state index in [4.69, 9.17) is 33.3 Å². The van der Waals surface area contributed by atoms with Gasteiger partial charge in [0, 0.05) is 0 Å². The lowest BCUT2D eigenvalue weighted by Crippen LogP contribution is -2.13. The Morgan fingerprint density at radius 1 is 1.19 bits per heavy atom. The van der Waals surface area contributed by atoms with Gasteiger partial charge in [-0.05, 0) is 49.3 Å². The maximum atomic E-state index is 6.47. The van der Waals surface area contributed by atoms with Crippen molar-refractivity contribution in [1.82, 2.24) is 14.9 Å². The van der Waals surface area contributed by atoms with Gasteiger partial charge in [-0.3, -0.25) is 5.10 Å². The summed E-state index contributed by atoms with van der Waals surface area (Å²) >= 11 is 11.6. The molecule has 0 saturated carbocycles. The van der Waals surface area contributed by atoms with Crippen molar-refractivity contribution >= 4 is 23.8 Å². The molecule has 0 bridgehead atoms. The zero-order valence-electron chi connectivity index (χ0n) is 15.2. The number of halogens is 1. The SMILES string of the molecule is CCOc1cc(CNn2cn[nH]c2=S)cc(Cl)c1OCc1ccc(C)cc1. The molecule has 0 aliphatic rings. The van der Waals surface area contributed by atoms with Crippen molar-refractivity contribution in [3.63, 3.8) is 0 Å². The van der Waals surface area contributed by atoms with E-state index in [-0.39, 0.29) is 0 Å². The lowest BCUT2D eigenvalue weighted by molar-refractivity contribution is 0.269. The van der Waals surface area contributed by atoms with E-state index in [0.29, 0.717) is 41.1 Å². The number of aromatic nitrogens is 3. The standard InChI is InChI=1S/C19H21ClN4O2S/c1-3-25-17-9-15(10-22-24-12-21-23-19(24)27)8-16(20)18(17)26-11-14-6-4-13(2)5-7-14/h4-9,12,22H,3,10-11H2,1-2H3,(H,23,27). The summed E-state index contributed by atoms with van der Waals surface area (Å²) in [5.74, 6) is 1.16. The number of H-pyrrole nitrogens is 1. The fourth-order valence-corrected chi connectivity index (χ4v) is 2.96. The molecule has 0 amide bonds. The van der Waals surface area contributed by atoms with Crippen LogP contribution in [0.2, 0.25) is 5.02 Å². The summed E-state index contributed by atoms with van der Waals surface area (Å²) in [6, 6.07) is 12.0. The second kappa shape index (κ2) is 8.92. The van der Waals surface area contributed by atoms with Crippen molar-refractivity contribution in [3.8, 4) is 11.5 Å². The van der Waals surface area contributed by atoms with Crippen LogP contribution in [0.25, 0.3) is 0 Å². The molecule has 0 radical (unpaired) electrons. The average molecular weight is 405 g/mol. The molecule has 2 N–H and O–H groups in total. The molecule has 0 unspecified atom stereocenters. The number of aromatic amines is 1. The Hall–Kier alpha value is -2.51. The minimum Gasteiger partial charge on any atom is -0.490 e. The highest BCUT2D eigenvalue weighted by Crippen LogP contribution is 2.37. The van der Waals surface area contributed by atoms with Crippen LogP contribution in [0.5, 0.6) is 11.5 Å². The van der Waals surface area contributed by atoms with Crippen molar-refractivity contribution in [2.75, 3.05) is 12.0 Å². The van der Waals surface area contributed by atoms with Crippen LogP contribution in [0.4, 0.5) is 0 Å². The maximum Gasteiger partial charge on any atom is 0.214 e. The minimum atomic E-state index is 0.419. The first-order chi connectivity index (χ1) is 13.1. The monoisotopic (exact) mass is 404 g/mol. The summed E-state index contributed by atoms with van der Waals surface area (Å²) in [6.07, 6.45) is 1.58. The lowest BCUT2D eigenvalue weighted by atomic mass is 10.1. The molecule has 0 aliphatic heterocycles. The molecule has 2 aromatic carbocycles. The third-order valence-corrected chi connectivity index (χ3v) is 4.45. The van der Waals surface area contributed by atoms with E-state index in [1.807, 2.05) is 31.2 Å². The molecule has 1 aromatic heterocycles. The van der Waals surface area contributed by atoms with Gasteiger partial charge in [-0.2, -0.15) is 5.10 Å². The molecule has 0 aliphatic carbocycles. The van der Waals surface area contributed by atoms with Gasteiger partial charge in [0.25, 0.3) is 0 Å². The van der Waals surface area contributed by atoms with Crippen LogP contribution in [-0.2, 0) is 13.2 Å². The van der Waals surface area contributed by atoms with E-state index in [0.717, 1.165) is 11.1 Å². The van der Waals surface area contributed by atoms with Crippen LogP contribution in [0.15, 0.2) is 42.7 Å². The molecule has 3 rings (SSSR count). The maximum absolute atomic E-state index is 6.47. The summed E-state index contributed by atoms with van der Waals surface area (Å²) in [4.78, 5) is 0. The lowest BCUT2D eigenvalue weighted by Gasteiger charge is -2.16. The van der Waals surface area contributed by atoms with Crippen molar-refractivity contribution in [1.29, 1.82) is 0 Å². The molecule has 142 valence electrons. The molecule has 0 atom stereocenters. The van der Waals surface area contributed by atoms with Crippen LogP contribution in [0.3, 0.4) is 0 Å². The molecule has 3 aromatic rings. The molecule has 1 heterocycles. The third-order valence-electron chi connectivity index (χ3n) is 3.88. The van der Waals surface area contributed by atoms with Crippen LogP contribution in [0, 0.1) is 11.7 Å². The van der Waals surface area contributed by atoms with Crippen LogP contribution in [-0.4, -0.2) is 21.5 Å². The summed E-state index contributed by atoms with van der Waals surface area (Å²) < 4.78 is 13.8. The molecule has 6 nitrogen and oxygen atoms in total. The minimum absolute atomic E-state index is 0.419. The zero-order valence-corrected chi connectivity index (χ0v) is 16.7. The summed E-state index contributed by atoms with van der Waals surface area (Å²) in [5, 5.41) is 7.06. The average Bonchev–Trinajstić information content (AvgIpc) is 3.06. The molecule has 0 spiro atoms. The first-order valence-electron chi connectivity index (χ1n) is 8.56. The Kier molecular flexibility index (Phi) is 6.36. The predicted octanol–water partition coefficient (Wildman–Crippen LogP) is 4.62. The molecular formula is C19H21ClN4O2S. The largest absolute Gasteiger partial charge is 0.490 e. The van der Waals surface area contributed by atoms with Crippen LogP contribution in [0.1, 0.15) is 23.6 Å². The van der Waals surface area contributed by atoms with Crippen molar-refractivity contribution in [2.24, 2.45) is 0 Å². The van der Waals surface area contributed by atoms with E-state index in [1.54, 1.807) is 11.0 Å². The number of rotatable bonds is 8. The number of benzene rings is 2. The molecule has 0 fully saturated rings. The first kappa shape index (κ1) is 19.3. The number of ether oxygens (including phenoxy) is 2. The smallest absolute Gasteiger partial charge is 0.214 e. The number of hydrogen-bond donors (Lipinski definition) is 2. The highest BCUT2D eigenvalue weighted by molar-refractivity contribution is 7.71. The fourth-order valence-electron chi connectivity index (χ4n) is 2.50. The van der Waals surface area contributed by atoms with E-state index in [1.165, 1.54) is 5.56 Å². The fraction of sp³-hybridized carbons (Fsp3) is 0.263. The Morgan fingerprint density at radius 2 is 1.96 bits per heavy atom. The zero-order chi connectivity index (χ0) is 19.2. The van der Waals surface area contributed by atoms with Crippen molar-refractivity contribution in [2.45, 2.75) is 27.0 Å². The molecule has 8 heteroatoms. The van der Waals surface area contributed by atoms with Crippen molar-refractivity contribution < 1.29 is 9.47 Å². The summed E-state index contributed by atoms with van der Waals surface area (Å²) in [7, 11) is 0. The second-order valence-corrected chi connectivity index (χ2v) is 6.77. The summed E-state index contributed by atoms with van der Waals surface area (Å²) in [5.41, 5.74) is 6.37. The first-order valence-corrected chi connectivity index (χ1v) is 9.35. The van der Waals surface area contributed by atoms with Gasteiger partial charge < -0.3 is 14.9 Å². The third kappa shape index (κ3) is 5.02. The van der Waals surface area contributed by atoms with E-state index >= 15 is 0 Å². The Morgan fingerprint density at radius 3 is 2.63 bits per heavy atom. The molecule has 27 heavy (non-hydrogen) atoms. The van der Waals surface area contributed by atoms with Crippen LogP contribution >= 0.6 is 23.8 Å². The number of aryl methyl sites for hydroxylation is 1. The predicted molar refractivity (Wildman–Crippen MR) is 109 cm³/mol. The normalized spacial score (nSPS) is 10.6. The number of hydrogen-bond acceptors (Lipinski definition) is 5. The Bertz CT molecular complexity index is 953.